The lowest BCUT2D eigenvalue weighted by Gasteiger charge is -2.42. The van der Waals surface area contributed by atoms with Crippen molar-refractivity contribution in [3.05, 3.63) is 33.3 Å². The van der Waals surface area contributed by atoms with Gasteiger partial charge in [-0.15, -0.1) is 0 Å². The second kappa shape index (κ2) is 9.22. The Bertz CT molecular complexity index is 1060. The van der Waals surface area contributed by atoms with Crippen molar-refractivity contribution in [3.8, 4) is 0 Å². The van der Waals surface area contributed by atoms with Crippen molar-refractivity contribution in [3.63, 3.8) is 0 Å². The van der Waals surface area contributed by atoms with Crippen molar-refractivity contribution >= 4 is 28.9 Å². The lowest BCUT2D eigenvalue weighted by atomic mass is 9.89. The molecule has 0 saturated carbocycles. The molecular formula is C15H5ClF16N2O3. The number of nitrogens with zero attached hydrogens (tertiary/aromatic N) is 1. The Kier molecular flexibility index (Phi) is 8.05. The largest absolute Gasteiger partial charge is 0.393 e. The summed E-state index contributed by atoms with van der Waals surface area (Å²) in [6.07, 6.45) is -5.98. The van der Waals surface area contributed by atoms with Crippen LogP contribution in [0.4, 0.5) is 81.6 Å². The summed E-state index contributed by atoms with van der Waals surface area (Å²) in [7, 11) is 0. The molecule has 0 saturated heterocycles. The molecule has 0 atom stereocenters. The summed E-state index contributed by atoms with van der Waals surface area (Å²) in [5.74, 6) is -60.9. The molecule has 5 nitrogen and oxygen atoms in total. The summed E-state index contributed by atoms with van der Waals surface area (Å²) in [5, 5.41) is 10.1. The van der Waals surface area contributed by atoms with Crippen molar-refractivity contribution in [2.45, 2.75) is 47.9 Å². The number of nitro groups is 1. The maximum absolute atomic E-state index is 13.9. The molecule has 0 aliphatic rings. The van der Waals surface area contributed by atoms with Crippen molar-refractivity contribution < 1.29 is 80.0 Å². The van der Waals surface area contributed by atoms with Crippen molar-refractivity contribution in [2.24, 2.45) is 0 Å². The smallest absolute Gasteiger partial charge is 0.319 e. The minimum atomic E-state index is -8.67. The lowest BCUT2D eigenvalue weighted by molar-refractivity contribution is -0.443. The van der Waals surface area contributed by atoms with Crippen LogP contribution in [0, 0.1) is 10.1 Å². The molecule has 0 aliphatic heterocycles. The van der Waals surface area contributed by atoms with E-state index in [2.05, 4.69) is 0 Å². The first-order valence-corrected chi connectivity index (χ1v) is 8.72. The van der Waals surface area contributed by atoms with Gasteiger partial charge in [0.25, 0.3) is 5.69 Å². The number of halogens is 17. The highest BCUT2D eigenvalue weighted by Crippen LogP contribution is 2.62. The van der Waals surface area contributed by atoms with Gasteiger partial charge in [-0.2, -0.15) is 61.5 Å². The van der Waals surface area contributed by atoms with Gasteiger partial charge in [0, 0.05) is 12.1 Å². The zero-order chi connectivity index (χ0) is 29.8. The molecule has 1 amide bonds. The first-order valence-electron chi connectivity index (χ1n) is 8.34. The molecule has 1 aromatic rings. The van der Waals surface area contributed by atoms with Gasteiger partial charge in [-0.3, -0.25) is 14.9 Å². The number of nitro benzene ring substituents is 1. The van der Waals surface area contributed by atoms with Crippen LogP contribution < -0.4 is 5.32 Å². The van der Waals surface area contributed by atoms with Gasteiger partial charge >= 0.3 is 53.8 Å². The average molecular weight is 601 g/mol. The van der Waals surface area contributed by atoms with E-state index in [9.17, 15) is 85.2 Å². The van der Waals surface area contributed by atoms with Crippen LogP contribution in [0.2, 0.25) is 5.02 Å². The van der Waals surface area contributed by atoms with Crippen LogP contribution in [-0.2, 0) is 4.79 Å². The number of nitrogens with one attached hydrogen (secondary N) is 1. The maximum atomic E-state index is 13.9. The van der Waals surface area contributed by atoms with E-state index in [4.69, 9.17) is 11.6 Å². The fourth-order valence-electron chi connectivity index (χ4n) is 2.20. The topological polar surface area (TPSA) is 72.2 Å². The zero-order valence-corrected chi connectivity index (χ0v) is 17.2. The molecule has 0 spiro atoms. The quantitative estimate of drug-likeness (QED) is 0.181. The second-order valence-corrected chi connectivity index (χ2v) is 7.15. The molecule has 1 rings (SSSR count). The van der Waals surface area contributed by atoms with E-state index in [0.717, 1.165) is 0 Å². The van der Waals surface area contributed by atoms with Gasteiger partial charge in [-0.1, -0.05) is 11.6 Å². The van der Waals surface area contributed by atoms with E-state index in [1.165, 1.54) is 0 Å². The Balaban J connectivity index is 3.59. The highest BCUT2D eigenvalue weighted by atomic mass is 35.5. The van der Waals surface area contributed by atoms with Crippen LogP contribution >= 0.6 is 11.6 Å². The van der Waals surface area contributed by atoms with E-state index >= 15 is 0 Å². The predicted molar refractivity (Wildman–Crippen MR) is 87.4 cm³/mol. The van der Waals surface area contributed by atoms with Gasteiger partial charge < -0.3 is 5.32 Å². The second-order valence-electron chi connectivity index (χ2n) is 6.75. The molecule has 212 valence electrons. The van der Waals surface area contributed by atoms with Gasteiger partial charge in [0.1, 0.15) is 0 Å². The van der Waals surface area contributed by atoms with Gasteiger partial charge in [-0.05, 0) is 6.07 Å². The molecule has 37 heavy (non-hydrogen) atoms. The average Bonchev–Trinajstić information content (AvgIpc) is 2.73. The maximum Gasteiger partial charge on any atom is 0.393 e. The molecule has 0 aromatic heterocycles. The van der Waals surface area contributed by atoms with Crippen LogP contribution in [0.15, 0.2) is 18.2 Å². The molecule has 0 bridgehead atoms. The number of alkyl halides is 16. The Morgan fingerprint density at radius 2 is 1.19 bits per heavy atom. The SMILES string of the molecule is O=C(Nc1cc([N+](=O)[O-])ccc1Cl)C(F)(F)C(F)(F)C(F)(F)C(F)(F)C(F)(F)C(F)(F)C(F)(F)C(F)F. The van der Waals surface area contributed by atoms with Gasteiger partial charge in [0.05, 0.1) is 15.6 Å². The van der Waals surface area contributed by atoms with Crippen LogP contribution in [0.5, 0.6) is 0 Å². The number of hydrogen-bond acceptors (Lipinski definition) is 3. The van der Waals surface area contributed by atoms with Gasteiger partial charge in [0.15, 0.2) is 0 Å². The van der Waals surface area contributed by atoms with Gasteiger partial charge in [-0.25, -0.2) is 8.78 Å². The molecule has 0 fully saturated rings. The fraction of sp³-hybridized carbons (Fsp3) is 0.533. The van der Waals surface area contributed by atoms with Gasteiger partial charge in [0.2, 0.25) is 0 Å². The molecule has 22 heteroatoms. The third-order valence-electron chi connectivity index (χ3n) is 4.36. The molecule has 0 aliphatic carbocycles. The van der Waals surface area contributed by atoms with E-state index in [0.29, 0.717) is 17.4 Å². The Labute approximate surface area is 196 Å². The summed E-state index contributed by atoms with van der Waals surface area (Å²) in [6.45, 7) is 0. The monoisotopic (exact) mass is 600 g/mol. The van der Waals surface area contributed by atoms with Crippen molar-refractivity contribution in [1.82, 2.24) is 0 Å². The minimum absolute atomic E-state index is 0.0301. The summed E-state index contributed by atoms with van der Waals surface area (Å²) in [6, 6.07) is 0.972. The van der Waals surface area contributed by atoms with E-state index in [1.54, 1.807) is 0 Å². The Hall–Kier alpha value is -2.74. The standard InChI is InChI=1S/C15H5ClF16N2O3/c16-5-2-1-4(34(36)37)3-6(5)33-8(35)10(21,22)12(25,26)14(29,30)15(31,32)13(27,28)11(23,24)9(19,20)7(17)18/h1-3,7H,(H,33,35). The van der Waals surface area contributed by atoms with E-state index in [1.807, 2.05) is 0 Å². The minimum Gasteiger partial charge on any atom is -0.319 e. The number of anilines is 1. The summed E-state index contributed by atoms with van der Waals surface area (Å²) in [5.41, 5.74) is -2.58. The summed E-state index contributed by atoms with van der Waals surface area (Å²) < 4.78 is 213. The van der Waals surface area contributed by atoms with Crippen LogP contribution in [0.1, 0.15) is 0 Å². The molecular weight excluding hydrogens is 596 g/mol. The number of rotatable bonds is 10. The Morgan fingerprint density at radius 3 is 1.59 bits per heavy atom. The first kappa shape index (κ1) is 32.3. The van der Waals surface area contributed by atoms with Crippen molar-refractivity contribution in [1.29, 1.82) is 0 Å². The number of amides is 1. The predicted octanol–water partition coefficient (Wildman–Crippen LogP) is 6.90. The third kappa shape index (κ3) is 4.58. The van der Waals surface area contributed by atoms with Crippen LogP contribution in [-0.4, -0.2) is 58.7 Å². The molecule has 0 unspecified atom stereocenters. The third-order valence-corrected chi connectivity index (χ3v) is 4.69. The van der Waals surface area contributed by atoms with Crippen LogP contribution in [0.3, 0.4) is 0 Å². The lowest BCUT2D eigenvalue weighted by Crippen LogP contribution is -2.74. The molecule has 0 radical (unpaired) electrons. The highest BCUT2D eigenvalue weighted by Gasteiger charge is 2.94. The zero-order valence-electron chi connectivity index (χ0n) is 16.4. The number of carbonyl (C=O) groups excluding carboxylic acids is 1. The normalized spacial score (nSPS) is 14.6. The molecule has 0 heterocycles. The summed E-state index contributed by atoms with van der Waals surface area (Å²) in [4.78, 5) is 20.8. The first-order chi connectivity index (χ1) is 16.2. The Morgan fingerprint density at radius 1 is 0.784 bits per heavy atom. The van der Waals surface area contributed by atoms with E-state index in [-0.39, 0.29) is 6.07 Å². The molecule has 1 aromatic carbocycles. The number of hydrogen-bond donors (Lipinski definition) is 1. The number of carbonyl (C=O) groups is 1. The fourth-order valence-corrected chi connectivity index (χ4v) is 2.37. The highest BCUT2D eigenvalue weighted by molar-refractivity contribution is 6.33. The number of benzene rings is 1. The number of non-ortho nitro benzene ring substituents is 1. The van der Waals surface area contributed by atoms with Crippen LogP contribution in [0.25, 0.3) is 0 Å². The van der Waals surface area contributed by atoms with Crippen molar-refractivity contribution in [2.75, 3.05) is 5.32 Å². The van der Waals surface area contributed by atoms with E-state index < -0.39 is 75.1 Å². The summed E-state index contributed by atoms with van der Waals surface area (Å²) >= 11 is 5.30. The molecule has 1 N–H and O–H groups in total.